The number of rotatable bonds is 6. The molecule has 1 aromatic rings. The highest BCUT2D eigenvalue weighted by atomic mass is 35.5. The second kappa shape index (κ2) is 6.78. The summed E-state index contributed by atoms with van der Waals surface area (Å²) in [7, 11) is 0. The molecule has 19 heavy (non-hydrogen) atoms. The summed E-state index contributed by atoms with van der Waals surface area (Å²) in [4.78, 5) is 12.2. The summed E-state index contributed by atoms with van der Waals surface area (Å²) in [5.74, 6) is 0.491. The molecular formula is C14H21ClN2O2. The zero-order valence-corrected chi connectivity index (χ0v) is 12.6. The van der Waals surface area contributed by atoms with E-state index in [2.05, 4.69) is 10.6 Å². The summed E-state index contributed by atoms with van der Waals surface area (Å²) in [5.41, 5.74) is -0.0640. The van der Waals surface area contributed by atoms with E-state index in [-0.39, 0.29) is 5.91 Å². The first-order chi connectivity index (χ1) is 8.90. The van der Waals surface area contributed by atoms with Crippen molar-refractivity contribution in [1.82, 2.24) is 5.32 Å². The highest BCUT2D eigenvalue weighted by Crippen LogP contribution is 2.28. The quantitative estimate of drug-likeness (QED) is 0.844. The maximum absolute atomic E-state index is 12.2. The molecule has 2 N–H and O–H groups in total. The molecule has 0 saturated carbocycles. The van der Waals surface area contributed by atoms with Crippen LogP contribution in [-0.2, 0) is 4.79 Å². The first-order valence-electron chi connectivity index (χ1n) is 6.39. The number of carbonyl (C=O) groups excluding carboxylic acids is 1. The van der Waals surface area contributed by atoms with Gasteiger partial charge in [0.05, 0.1) is 17.8 Å². The van der Waals surface area contributed by atoms with Crippen LogP contribution in [0.5, 0.6) is 5.75 Å². The van der Waals surface area contributed by atoms with Crippen molar-refractivity contribution in [3.63, 3.8) is 0 Å². The Kier molecular flexibility index (Phi) is 5.63. The lowest BCUT2D eigenvalue weighted by atomic mass is 10.0. The zero-order chi connectivity index (χ0) is 14.5. The minimum atomic E-state index is -0.652. The lowest BCUT2D eigenvalue weighted by Gasteiger charge is -2.25. The Bertz CT molecular complexity index is 447. The first kappa shape index (κ1) is 15.8. The molecule has 0 saturated heterocycles. The molecule has 106 valence electrons. The molecule has 0 spiro atoms. The Labute approximate surface area is 119 Å². The zero-order valence-electron chi connectivity index (χ0n) is 11.8. The Hall–Kier alpha value is -1.26. The van der Waals surface area contributed by atoms with E-state index in [1.165, 1.54) is 0 Å². The van der Waals surface area contributed by atoms with E-state index < -0.39 is 5.54 Å². The lowest BCUT2D eigenvalue weighted by Crippen LogP contribution is -2.49. The van der Waals surface area contributed by atoms with Gasteiger partial charge < -0.3 is 15.4 Å². The van der Waals surface area contributed by atoms with Crippen molar-refractivity contribution >= 4 is 23.2 Å². The second-order valence-corrected chi connectivity index (χ2v) is 5.12. The number of anilines is 1. The molecule has 1 amide bonds. The van der Waals surface area contributed by atoms with Crippen LogP contribution in [0.1, 0.15) is 27.7 Å². The van der Waals surface area contributed by atoms with Crippen molar-refractivity contribution in [3.05, 3.63) is 23.2 Å². The minimum Gasteiger partial charge on any atom is -0.492 e. The van der Waals surface area contributed by atoms with Gasteiger partial charge in [-0.1, -0.05) is 18.5 Å². The van der Waals surface area contributed by atoms with E-state index in [1.54, 1.807) is 18.2 Å². The normalized spacial score (nSPS) is 11.2. The predicted molar refractivity (Wildman–Crippen MR) is 79.0 cm³/mol. The van der Waals surface area contributed by atoms with Gasteiger partial charge in [-0.05, 0) is 45.5 Å². The molecule has 1 aromatic carbocycles. The summed E-state index contributed by atoms with van der Waals surface area (Å²) in [6, 6.07) is 5.17. The molecule has 0 aliphatic heterocycles. The van der Waals surface area contributed by atoms with Crippen LogP contribution in [0.15, 0.2) is 18.2 Å². The van der Waals surface area contributed by atoms with Crippen molar-refractivity contribution in [2.24, 2.45) is 0 Å². The third kappa shape index (κ3) is 4.40. The summed E-state index contributed by atoms with van der Waals surface area (Å²) in [6.45, 7) is 8.76. The van der Waals surface area contributed by atoms with E-state index in [1.807, 2.05) is 27.7 Å². The number of hydrogen-bond donors (Lipinski definition) is 2. The van der Waals surface area contributed by atoms with Gasteiger partial charge in [-0.25, -0.2) is 0 Å². The molecule has 0 aliphatic rings. The Morgan fingerprint density at radius 2 is 2.05 bits per heavy atom. The standard InChI is InChI=1S/C14H21ClN2O2/c1-5-16-14(3,4)13(18)17-11-9-10(15)7-8-12(11)19-6-2/h7-9,16H,5-6H2,1-4H3,(H,17,18). The molecule has 4 nitrogen and oxygen atoms in total. The van der Waals surface area contributed by atoms with Gasteiger partial charge >= 0.3 is 0 Å². The largest absolute Gasteiger partial charge is 0.492 e. The summed E-state index contributed by atoms with van der Waals surface area (Å²) < 4.78 is 5.47. The summed E-state index contributed by atoms with van der Waals surface area (Å²) in [5, 5.41) is 6.53. The summed E-state index contributed by atoms with van der Waals surface area (Å²) >= 11 is 5.95. The third-order valence-corrected chi connectivity index (χ3v) is 2.91. The molecule has 0 atom stereocenters. The van der Waals surface area contributed by atoms with Gasteiger partial charge in [-0.15, -0.1) is 0 Å². The smallest absolute Gasteiger partial charge is 0.244 e. The number of halogens is 1. The number of hydrogen-bond acceptors (Lipinski definition) is 3. The van der Waals surface area contributed by atoms with Gasteiger partial charge in [-0.3, -0.25) is 4.79 Å². The highest BCUT2D eigenvalue weighted by Gasteiger charge is 2.26. The maximum atomic E-state index is 12.2. The predicted octanol–water partition coefficient (Wildman–Crippen LogP) is 3.07. The third-order valence-electron chi connectivity index (χ3n) is 2.68. The van der Waals surface area contributed by atoms with Crippen LogP contribution >= 0.6 is 11.6 Å². The van der Waals surface area contributed by atoms with Gasteiger partial charge in [0.1, 0.15) is 5.75 Å². The average molecular weight is 285 g/mol. The molecule has 0 bridgehead atoms. The molecule has 0 unspecified atom stereocenters. The van der Waals surface area contributed by atoms with Gasteiger partial charge in [0, 0.05) is 5.02 Å². The van der Waals surface area contributed by atoms with Crippen LogP contribution < -0.4 is 15.4 Å². The van der Waals surface area contributed by atoms with Crippen LogP contribution in [-0.4, -0.2) is 24.6 Å². The molecular weight excluding hydrogens is 264 g/mol. The molecule has 0 heterocycles. The SMILES string of the molecule is CCNC(C)(C)C(=O)Nc1cc(Cl)ccc1OCC. The van der Waals surface area contributed by atoms with Gasteiger partial charge in [0.25, 0.3) is 0 Å². The average Bonchev–Trinajstić information content (AvgIpc) is 2.32. The minimum absolute atomic E-state index is 0.127. The fourth-order valence-electron chi connectivity index (χ4n) is 1.68. The molecule has 0 radical (unpaired) electrons. The van der Waals surface area contributed by atoms with Crippen LogP contribution in [0.4, 0.5) is 5.69 Å². The number of amides is 1. The molecule has 5 heteroatoms. The fraction of sp³-hybridized carbons (Fsp3) is 0.500. The second-order valence-electron chi connectivity index (χ2n) is 4.68. The summed E-state index contributed by atoms with van der Waals surface area (Å²) in [6.07, 6.45) is 0. The number of nitrogens with one attached hydrogen (secondary N) is 2. The van der Waals surface area contributed by atoms with Gasteiger partial charge in [0.2, 0.25) is 5.91 Å². The van der Waals surface area contributed by atoms with E-state index in [0.717, 1.165) is 0 Å². The van der Waals surface area contributed by atoms with E-state index in [9.17, 15) is 4.79 Å². The number of ether oxygens (including phenoxy) is 1. The number of benzene rings is 1. The van der Waals surface area contributed by atoms with Crippen molar-refractivity contribution < 1.29 is 9.53 Å². The van der Waals surface area contributed by atoms with Gasteiger partial charge in [0.15, 0.2) is 0 Å². The topological polar surface area (TPSA) is 50.4 Å². The Balaban J connectivity index is 2.92. The number of carbonyl (C=O) groups is 1. The van der Waals surface area contributed by atoms with Gasteiger partial charge in [-0.2, -0.15) is 0 Å². The Morgan fingerprint density at radius 1 is 1.37 bits per heavy atom. The van der Waals surface area contributed by atoms with Crippen molar-refractivity contribution in [1.29, 1.82) is 0 Å². The van der Waals surface area contributed by atoms with Crippen LogP contribution in [0.25, 0.3) is 0 Å². The van der Waals surface area contributed by atoms with Crippen molar-refractivity contribution in [2.75, 3.05) is 18.5 Å². The molecule has 1 rings (SSSR count). The van der Waals surface area contributed by atoms with E-state index >= 15 is 0 Å². The molecule has 0 aromatic heterocycles. The lowest BCUT2D eigenvalue weighted by molar-refractivity contribution is -0.121. The van der Waals surface area contributed by atoms with Crippen molar-refractivity contribution in [3.8, 4) is 5.75 Å². The van der Waals surface area contributed by atoms with E-state index in [4.69, 9.17) is 16.3 Å². The van der Waals surface area contributed by atoms with Crippen LogP contribution in [0, 0.1) is 0 Å². The molecule has 0 aliphatic carbocycles. The maximum Gasteiger partial charge on any atom is 0.244 e. The number of likely N-dealkylation sites (N-methyl/N-ethyl adjacent to an activating group) is 1. The molecule has 0 fully saturated rings. The van der Waals surface area contributed by atoms with Crippen LogP contribution in [0.3, 0.4) is 0 Å². The first-order valence-corrected chi connectivity index (χ1v) is 6.77. The van der Waals surface area contributed by atoms with Crippen molar-refractivity contribution in [2.45, 2.75) is 33.2 Å². The fourth-order valence-corrected chi connectivity index (χ4v) is 1.85. The monoisotopic (exact) mass is 284 g/mol. The highest BCUT2D eigenvalue weighted by molar-refractivity contribution is 6.31. The Morgan fingerprint density at radius 3 is 2.63 bits per heavy atom. The van der Waals surface area contributed by atoms with Crippen LogP contribution in [0.2, 0.25) is 5.02 Å². The van der Waals surface area contributed by atoms with E-state index in [0.29, 0.717) is 29.6 Å².